The van der Waals surface area contributed by atoms with E-state index in [1.807, 2.05) is 13.0 Å². The van der Waals surface area contributed by atoms with E-state index in [4.69, 9.17) is 14.2 Å². The van der Waals surface area contributed by atoms with Crippen molar-refractivity contribution in [1.82, 2.24) is 10.6 Å². The van der Waals surface area contributed by atoms with E-state index in [0.29, 0.717) is 30.3 Å². The zero-order valence-corrected chi connectivity index (χ0v) is 12.4. The molecule has 1 rings (SSSR count). The molecule has 0 aliphatic heterocycles. The standard InChI is InChI=1S/C14H22N2O4/c1-5-8-15-14(17)16-9-10-6-7-11(18-2)13(20-4)12(10)19-3/h6-7H,5,8-9H2,1-4H3,(H2,15,16,17). The first-order chi connectivity index (χ1) is 9.67. The number of carbonyl (C=O) groups excluding carboxylic acids is 1. The zero-order chi connectivity index (χ0) is 15.0. The van der Waals surface area contributed by atoms with Crippen LogP contribution in [0.25, 0.3) is 0 Å². The summed E-state index contributed by atoms with van der Waals surface area (Å²) in [5.74, 6) is 1.66. The van der Waals surface area contributed by atoms with Gasteiger partial charge in [-0.05, 0) is 18.6 Å². The normalized spacial score (nSPS) is 9.80. The molecule has 1 aromatic carbocycles. The highest BCUT2D eigenvalue weighted by atomic mass is 16.5. The Morgan fingerprint density at radius 3 is 2.30 bits per heavy atom. The molecular formula is C14H22N2O4. The number of carbonyl (C=O) groups is 1. The molecule has 2 amide bonds. The monoisotopic (exact) mass is 282 g/mol. The largest absolute Gasteiger partial charge is 0.493 e. The number of ether oxygens (including phenoxy) is 3. The van der Waals surface area contributed by atoms with Gasteiger partial charge in [-0.1, -0.05) is 6.92 Å². The highest BCUT2D eigenvalue weighted by molar-refractivity contribution is 5.74. The van der Waals surface area contributed by atoms with Gasteiger partial charge in [0.25, 0.3) is 0 Å². The Balaban J connectivity index is 2.82. The third-order valence-corrected chi connectivity index (χ3v) is 2.76. The molecule has 6 nitrogen and oxygen atoms in total. The van der Waals surface area contributed by atoms with Crippen molar-refractivity contribution in [2.45, 2.75) is 19.9 Å². The predicted octanol–water partition coefficient (Wildman–Crippen LogP) is 1.92. The molecule has 0 bridgehead atoms. The second kappa shape index (κ2) is 8.14. The second-order valence-corrected chi connectivity index (χ2v) is 4.10. The first kappa shape index (κ1) is 15.9. The lowest BCUT2D eigenvalue weighted by Gasteiger charge is -2.16. The van der Waals surface area contributed by atoms with Crippen molar-refractivity contribution in [3.05, 3.63) is 17.7 Å². The molecular weight excluding hydrogens is 260 g/mol. The molecule has 0 aliphatic carbocycles. The van der Waals surface area contributed by atoms with Gasteiger partial charge in [0.05, 0.1) is 21.3 Å². The van der Waals surface area contributed by atoms with Crippen LogP contribution in [0.5, 0.6) is 17.2 Å². The zero-order valence-electron chi connectivity index (χ0n) is 12.4. The van der Waals surface area contributed by atoms with Gasteiger partial charge in [0.1, 0.15) is 0 Å². The summed E-state index contributed by atoms with van der Waals surface area (Å²) in [5, 5.41) is 5.52. The number of amides is 2. The maximum Gasteiger partial charge on any atom is 0.315 e. The van der Waals surface area contributed by atoms with Crippen molar-refractivity contribution < 1.29 is 19.0 Å². The Kier molecular flexibility index (Phi) is 6.49. The minimum atomic E-state index is -0.205. The maximum atomic E-state index is 11.5. The van der Waals surface area contributed by atoms with E-state index < -0.39 is 0 Å². The van der Waals surface area contributed by atoms with E-state index in [2.05, 4.69) is 10.6 Å². The second-order valence-electron chi connectivity index (χ2n) is 4.10. The number of methoxy groups -OCH3 is 3. The summed E-state index contributed by atoms with van der Waals surface area (Å²) in [5.41, 5.74) is 0.816. The Hall–Kier alpha value is -2.11. The lowest BCUT2D eigenvalue weighted by atomic mass is 10.1. The van der Waals surface area contributed by atoms with Crippen LogP contribution in [0.1, 0.15) is 18.9 Å². The number of hydrogen-bond donors (Lipinski definition) is 2. The Labute approximate surface area is 119 Å². The fourth-order valence-corrected chi connectivity index (χ4v) is 1.78. The molecule has 0 saturated carbocycles. The van der Waals surface area contributed by atoms with E-state index in [9.17, 15) is 4.79 Å². The smallest absolute Gasteiger partial charge is 0.315 e. The Morgan fingerprint density at radius 2 is 1.75 bits per heavy atom. The van der Waals surface area contributed by atoms with E-state index in [1.54, 1.807) is 27.4 Å². The molecule has 0 atom stereocenters. The summed E-state index contributed by atoms with van der Waals surface area (Å²) in [6.07, 6.45) is 0.896. The molecule has 6 heteroatoms. The van der Waals surface area contributed by atoms with E-state index >= 15 is 0 Å². The third kappa shape index (κ3) is 3.94. The van der Waals surface area contributed by atoms with Crippen LogP contribution in [0.4, 0.5) is 4.79 Å². The quantitative estimate of drug-likeness (QED) is 0.801. The van der Waals surface area contributed by atoms with Crippen LogP contribution in [0.3, 0.4) is 0 Å². The Morgan fingerprint density at radius 1 is 1.05 bits per heavy atom. The van der Waals surface area contributed by atoms with Crippen LogP contribution in [-0.4, -0.2) is 33.9 Å². The van der Waals surface area contributed by atoms with Gasteiger partial charge in [0.15, 0.2) is 11.5 Å². The first-order valence-corrected chi connectivity index (χ1v) is 6.47. The summed E-state index contributed by atoms with van der Waals surface area (Å²) >= 11 is 0. The fourth-order valence-electron chi connectivity index (χ4n) is 1.78. The van der Waals surface area contributed by atoms with Crippen LogP contribution in [0, 0.1) is 0 Å². The minimum absolute atomic E-state index is 0.205. The van der Waals surface area contributed by atoms with Gasteiger partial charge in [-0.25, -0.2) is 4.79 Å². The lowest BCUT2D eigenvalue weighted by molar-refractivity contribution is 0.240. The van der Waals surface area contributed by atoms with Gasteiger partial charge in [-0.2, -0.15) is 0 Å². The van der Waals surface area contributed by atoms with Crippen LogP contribution in [0.15, 0.2) is 12.1 Å². The molecule has 1 aromatic rings. The number of benzene rings is 1. The van der Waals surface area contributed by atoms with Crippen molar-refractivity contribution in [2.75, 3.05) is 27.9 Å². The fraction of sp³-hybridized carbons (Fsp3) is 0.500. The minimum Gasteiger partial charge on any atom is -0.493 e. The summed E-state index contributed by atoms with van der Waals surface area (Å²) in [6.45, 7) is 2.99. The van der Waals surface area contributed by atoms with Crippen LogP contribution < -0.4 is 24.8 Å². The van der Waals surface area contributed by atoms with E-state index in [0.717, 1.165) is 12.0 Å². The summed E-state index contributed by atoms with van der Waals surface area (Å²) < 4.78 is 15.8. The summed E-state index contributed by atoms with van der Waals surface area (Å²) in [7, 11) is 4.66. The van der Waals surface area contributed by atoms with Gasteiger partial charge in [-0.15, -0.1) is 0 Å². The molecule has 0 aliphatic rings. The van der Waals surface area contributed by atoms with Crippen LogP contribution in [0.2, 0.25) is 0 Å². The molecule has 112 valence electrons. The van der Waals surface area contributed by atoms with E-state index in [1.165, 1.54) is 0 Å². The number of urea groups is 1. The third-order valence-electron chi connectivity index (χ3n) is 2.76. The Bertz CT molecular complexity index is 449. The lowest BCUT2D eigenvalue weighted by Crippen LogP contribution is -2.35. The molecule has 2 N–H and O–H groups in total. The first-order valence-electron chi connectivity index (χ1n) is 6.47. The maximum absolute atomic E-state index is 11.5. The summed E-state index contributed by atoms with van der Waals surface area (Å²) in [4.78, 5) is 11.5. The molecule has 0 unspecified atom stereocenters. The van der Waals surface area contributed by atoms with Gasteiger partial charge < -0.3 is 24.8 Å². The topological polar surface area (TPSA) is 68.8 Å². The SMILES string of the molecule is CCCNC(=O)NCc1ccc(OC)c(OC)c1OC. The molecule has 0 aromatic heterocycles. The number of nitrogens with one attached hydrogen (secondary N) is 2. The van der Waals surface area contributed by atoms with Crippen molar-refractivity contribution in [3.63, 3.8) is 0 Å². The number of hydrogen-bond acceptors (Lipinski definition) is 4. The molecule has 0 radical (unpaired) electrons. The van der Waals surface area contributed by atoms with Gasteiger partial charge >= 0.3 is 6.03 Å². The average Bonchev–Trinajstić information content (AvgIpc) is 2.49. The molecule has 0 saturated heterocycles. The van der Waals surface area contributed by atoms with Gasteiger partial charge in [0.2, 0.25) is 5.75 Å². The number of rotatable bonds is 7. The predicted molar refractivity (Wildman–Crippen MR) is 76.6 cm³/mol. The molecule has 0 fully saturated rings. The van der Waals surface area contributed by atoms with Crippen molar-refractivity contribution >= 4 is 6.03 Å². The van der Waals surface area contributed by atoms with Crippen molar-refractivity contribution in [2.24, 2.45) is 0 Å². The average molecular weight is 282 g/mol. The molecule has 0 heterocycles. The summed E-state index contributed by atoms with van der Waals surface area (Å²) in [6, 6.07) is 3.41. The van der Waals surface area contributed by atoms with Gasteiger partial charge in [-0.3, -0.25) is 0 Å². The van der Waals surface area contributed by atoms with Crippen LogP contribution >= 0.6 is 0 Å². The van der Waals surface area contributed by atoms with Crippen molar-refractivity contribution in [3.8, 4) is 17.2 Å². The van der Waals surface area contributed by atoms with Crippen LogP contribution in [-0.2, 0) is 6.54 Å². The highest BCUT2D eigenvalue weighted by Crippen LogP contribution is 2.39. The van der Waals surface area contributed by atoms with Gasteiger partial charge in [0, 0.05) is 18.7 Å². The highest BCUT2D eigenvalue weighted by Gasteiger charge is 2.15. The molecule has 0 spiro atoms. The molecule has 20 heavy (non-hydrogen) atoms. The van der Waals surface area contributed by atoms with E-state index in [-0.39, 0.29) is 6.03 Å². The van der Waals surface area contributed by atoms with Crippen molar-refractivity contribution in [1.29, 1.82) is 0 Å².